The second-order valence-corrected chi connectivity index (χ2v) is 4.35. The molecule has 0 saturated carbocycles. The van der Waals surface area contributed by atoms with Crippen molar-refractivity contribution in [2.75, 3.05) is 5.75 Å². The number of aryl methyl sites for hydroxylation is 1. The van der Waals surface area contributed by atoms with Crippen molar-refractivity contribution in [3.05, 3.63) is 5.82 Å². The zero-order valence-electron chi connectivity index (χ0n) is 8.48. The molecule has 0 bridgehead atoms. The maximum absolute atomic E-state index is 8.72. The molecule has 0 spiro atoms. The second kappa shape index (κ2) is 3.98. The van der Waals surface area contributed by atoms with Crippen LogP contribution in [0.5, 0.6) is 0 Å². The van der Waals surface area contributed by atoms with Gasteiger partial charge in [-0.15, -0.1) is 10.2 Å². The Morgan fingerprint density at radius 2 is 2.29 bits per heavy atom. The smallest absolute Gasteiger partial charge is 0.191 e. The van der Waals surface area contributed by atoms with Crippen LogP contribution in [-0.2, 0) is 7.05 Å². The predicted octanol–water partition coefficient (Wildman–Crippen LogP) is 0.457. The first-order valence-electron chi connectivity index (χ1n) is 4.15. The van der Waals surface area contributed by atoms with Crippen molar-refractivity contribution in [1.82, 2.24) is 14.8 Å². The predicted molar refractivity (Wildman–Crippen MR) is 54.7 cm³/mol. The number of nitriles is 1. The van der Waals surface area contributed by atoms with E-state index in [2.05, 4.69) is 10.2 Å². The number of aromatic nitrogens is 3. The van der Waals surface area contributed by atoms with E-state index in [0.29, 0.717) is 5.75 Å². The van der Waals surface area contributed by atoms with E-state index in [1.54, 1.807) is 6.92 Å². The van der Waals surface area contributed by atoms with Gasteiger partial charge in [0.05, 0.1) is 6.07 Å². The van der Waals surface area contributed by atoms with Crippen LogP contribution in [0, 0.1) is 18.3 Å². The molecule has 1 unspecified atom stereocenters. The first-order chi connectivity index (χ1) is 6.46. The van der Waals surface area contributed by atoms with Crippen molar-refractivity contribution < 1.29 is 0 Å². The van der Waals surface area contributed by atoms with E-state index in [4.69, 9.17) is 11.0 Å². The summed E-state index contributed by atoms with van der Waals surface area (Å²) in [5.74, 6) is 1.36. The highest BCUT2D eigenvalue weighted by Gasteiger charge is 2.19. The van der Waals surface area contributed by atoms with Crippen molar-refractivity contribution in [2.24, 2.45) is 12.8 Å². The minimum atomic E-state index is -0.815. The Hall–Kier alpha value is -1.06. The molecule has 0 fully saturated rings. The van der Waals surface area contributed by atoms with E-state index in [1.165, 1.54) is 11.8 Å². The number of thioether (sulfide) groups is 1. The van der Waals surface area contributed by atoms with Gasteiger partial charge in [-0.1, -0.05) is 11.8 Å². The third kappa shape index (κ3) is 2.47. The lowest BCUT2D eigenvalue weighted by atomic mass is 10.1. The summed E-state index contributed by atoms with van der Waals surface area (Å²) >= 11 is 1.44. The van der Waals surface area contributed by atoms with Gasteiger partial charge in [0.1, 0.15) is 11.4 Å². The Morgan fingerprint density at radius 1 is 1.64 bits per heavy atom. The van der Waals surface area contributed by atoms with Crippen molar-refractivity contribution >= 4 is 11.8 Å². The maximum Gasteiger partial charge on any atom is 0.191 e. The van der Waals surface area contributed by atoms with Crippen LogP contribution in [0.3, 0.4) is 0 Å². The van der Waals surface area contributed by atoms with Crippen LogP contribution in [0.1, 0.15) is 12.7 Å². The summed E-state index contributed by atoms with van der Waals surface area (Å²) in [6.07, 6.45) is 0. The Labute approximate surface area is 87.3 Å². The lowest BCUT2D eigenvalue weighted by Gasteiger charge is -2.13. The summed E-state index contributed by atoms with van der Waals surface area (Å²) < 4.78 is 1.87. The quantitative estimate of drug-likeness (QED) is 0.734. The largest absolute Gasteiger partial charge is 0.313 e. The SMILES string of the molecule is Cc1nnc(SCC(C)(N)C#N)n1C. The van der Waals surface area contributed by atoms with Gasteiger partial charge in [0.15, 0.2) is 5.16 Å². The molecule has 0 radical (unpaired) electrons. The molecule has 1 aromatic rings. The third-order valence-corrected chi connectivity index (χ3v) is 3.17. The summed E-state index contributed by atoms with van der Waals surface area (Å²) in [6, 6.07) is 2.04. The molecule has 76 valence electrons. The average Bonchev–Trinajstić information content (AvgIpc) is 2.45. The fourth-order valence-electron chi connectivity index (χ4n) is 0.760. The zero-order valence-corrected chi connectivity index (χ0v) is 9.30. The fraction of sp³-hybridized carbons (Fsp3) is 0.625. The van der Waals surface area contributed by atoms with Crippen molar-refractivity contribution in [3.63, 3.8) is 0 Å². The molecule has 1 aromatic heterocycles. The Bertz CT molecular complexity index is 362. The highest BCUT2D eigenvalue weighted by atomic mass is 32.2. The van der Waals surface area contributed by atoms with Gasteiger partial charge in [-0.3, -0.25) is 0 Å². The fourth-order valence-corrected chi connectivity index (χ4v) is 1.68. The lowest BCUT2D eigenvalue weighted by molar-refractivity contribution is 0.677. The number of hydrogen-bond donors (Lipinski definition) is 1. The minimum absolute atomic E-state index is 0.509. The van der Waals surface area contributed by atoms with E-state index in [1.807, 2.05) is 24.6 Å². The van der Waals surface area contributed by atoms with Crippen molar-refractivity contribution in [3.8, 4) is 6.07 Å². The lowest BCUT2D eigenvalue weighted by Crippen LogP contribution is -2.36. The number of hydrogen-bond acceptors (Lipinski definition) is 5. The van der Waals surface area contributed by atoms with Gasteiger partial charge in [-0.2, -0.15) is 5.26 Å². The van der Waals surface area contributed by atoms with Gasteiger partial charge in [-0.05, 0) is 13.8 Å². The molecular formula is C8H13N5S. The number of rotatable bonds is 3. The van der Waals surface area contributed by atoms with Gasteiger partial charge >= 0.3 is 0 Å². The van der Waals surface area contributed by atoms with E-state index in [-0.39, 0.29) is 0 Å². The molecule has 1 atom stereocenters. The van der Waals surface area contributed by atoms with E-state index < -0.39 is 5.54 Å². The van der Waals surface area contributed by atoms with Gasteiger partial charge < -0.3 is 10.3 Å². The molecule has 1 heterocycles. The van der Waals surface area contributed by atoms with Gasteiger partial charge in [0, 0.05) is 12.8 Å². The second-order valence-electron chi connectivity index (χ2n) is 3.41. The highest BCUT2D eigenvalue weighted by Crippen LogP contribution is 2.19. The van der Waals surface area contributed by atoms with Crippen molar-refractivity contribution in [2.45, 2.75) is 24.5 Å². The molecule has 14 heavy (non-hydrogen) atoms. The maximum atomic E-state index is 8.72. The molecule has 0 aliphatic heterocycles. The summed E-state index contributed by atoms with van der Waals surface area (Å²) in [4.78, 5) is 0. The standard InChI is InChI=1S/C8H13N5S/c1-6-11-12-7(13(6)3)14-5-8(2,10)4-9/h5,10H2,1-3H3. The molecular weight excluding hydrogens is 198 g/mol. The van der Waals surface area contributed by atoms with Crippen LogP contribution in [-0.4, -0.2) is 26.1 Å². The molecule has 0 saturated heterocycles. The topological polar surface area (TPSA) is 80.5 Å². The van der Waals surface area contributed by atoms with Crippen molar-refractivity contribution in [1.29, 1.82) is 5.26 Å². The Kier molecular flexibility index (Phi) is 3.13. The molecule has 1 rings (SSSR count). The molecule has 0 amide bonds. The number of nitrogens with two attached hydrogens (primary N) is 1. The van der Waals surface area contributed by atoms with Crippen LogP contribution >= 0.6 is 11.8 Å². The molecule has 0 aliphatic carbocycles. The van der Waals surface area contributed by atoms with Crippen LogP contribution in [0.2, 0.25) is 0 Å². The Morgan fingerprint density at radius 3 is 2.71 bits per heavy atom. The summed E-state index contributed by atoms with van der Waals surface area (Å²) in [5.41, 5.74) is 4.87. The zero-order chi connectivity index (χ0) is 10.8. The molecule has 0 aliphatic rings. The molecule has 6 heteroatoms. The first kappa shape index (κ1) is 11.0. The van der Waals surface area contributed by atoms with E-state index >= 15 is 0 Å². The van der Waals surface area contributed by atoms with Crippen LogP contribution < -0.4 is 5.73 Å². The van der Waals surface area contributed by atoms with Crippen LogP contribution in [0.4, 0.5) is 0 Å². The molecule has 5 nitrogen and oxygen atoms in total. The van der Waals surface area contributed by atoms with Crippen LogP contribution in [0.25, 0.3) is 0 Å². The van der Waals surface area contributed by atoms with E-state index in [0.717, 1.165) is 11.0 Å². The van der Waals surface area contributed by atoms with E-state index in [9.17, 15) is 0 Å². The van der Waals surface area contributed by atoms with Gasteiger partial charge in [0.2, 0.25) is 0 Å². The van der Waals surface area contributed by atoms with Gasteiger partial charge in [-0.25, -0.2) is 0 Å². The minimum Gasteiger partial charge on any atom is -0.313 e. The normalized spacial score (nSPS) is 14.8. The van der Waals surface area contributed by atoms with Crippen LogP contribution in [0.15, 0.2) is 5.16 Å². The monoisotopic (exact) mass is 211 g/mol. The average molecular weight is 211 g/mol. The summed E-state index contributed by atoms with van der Waals surface area (Å²) in [7, 11) is 1.89. The third-order valence-electron chi connectivity index (χ3n) is 1.81. The Balaban J connectivity index is 2.64. The van der Waals surface area contributed by atoms with Gasteiger partial charge in [0.25, 0.3) is 0 Å². The molecule has 0 aromatic carbocycles. The number of nitrogens with zero attached hydrogens (tertiary/aromatic N) is 4. The first-order valence-corrected chi connectivity index (χ1v) is 5.14. The summed E-state index contributed by atoms with van der Waals surface area (Å²) in [6.45, 7) is 3.58. The summed E-state index contributed by atoms with van der Waals surface area (Å²) in [5, 5.41) is 17.4. The molecule has 2 N–H and O–H groups in total. The highest BCUT2D eigenvalue weighted by molar-refractivity contribution is 7.99.